The van der Waals surface area contributed by atoms with Crippen LogP contribution in [0.5, 0.6) is 0 Å². The molecule has 2 heterocycles. The third-order valence-corrected chi connectivity index (χ3v) is 8.64. The summed E-state index contributed by atoms with van der Waals surface area (Å²) >= 11 is 0. The van der Waals surface area contributed by atoms with Gasteiger partial charge in [0.05, 0.1) is 0 Å². The van der Waals surface area contributed by atoms with Crippen LogP contribution in [-0.4, -0.2) is 35.5 Å². The fraction of sp³-hybridized carbons (Fsp3) is 0.394. The molecule has 2 fully saturated rings. The lowest BCUT2D eigenvalue weighted by atomic mass is 9.76. The normalized spacial score (nSPS) is 22.3. The van der Waals surface area contributed by atoms with Crippen LogP contribution in [0.25, 0.3) is 11.1 Å². The zero-order chi connectivity index (χ0) is 25.5. The maximum atomic E-state index is 13.5. The van der Waals surface area contributed by atoms with Crippen LogP contribution in [-0.2, 0) is 16.0 Å². The predicted molar refractivity (Wildman–Crippen MR) is 146 cm³/mol. The molecule has 0 saturated carbocycles. The van der Waals surface area contributed by atoms with Gasteiger partial charge in [0, 0.05) is 30.3 Å². The van der Waals surface area contributed by atoms with Gasteiger partial charge in [0.15, 0.2) is 0 Å². The molecular formula is C33H35NO3. The molecule has 190 valence electrons. The summed E-state index contributed by atoms with van der Waals surface area (Å²) in [6, 6.07) is 23.4. The number of carbonyl (C=O) groups excluding carboxylic acids is 2. The second-order valence-corrected chi connectivity index (χ2v) is 11.3. The van der Waals surface area contributed by atoms with Crippen LogP contribution in [0.1, 0.15) is 65.8 Å². The smallest absolute Gasteiger partial charge is 0.410 e. The number of ether oxygens (including phenoxy) is 1. The SMILES string of the molecule is Cc1cc(C)cc(CC(=O)C2CC3CCCC(C2)N3C(=O)OCC2c3ccccc3-c3ccccc32)c1. The lowest BCUT2D eigenvalue weighted by molar-refractivity contribution is -0.126. The van der Waals surface area contributed by atoms with Crippen LogP contribution in [0.4, 0.5) is 4.79 Å². The Morgan fingerprint density at radius 2 is 1.41 bits per heavy atom. The monoisotopic (exact) mass is 493 g/mol. The van der Waals surface area contributed by atoms with E-state index in [0.29, 0.717) is 18.8 Å². The van der Waals surface area contributed by atoms with E-state index in [1.54, 1.807) is 0 Å². The van der Waals surface area contributed by atoms with Gasteiger partial charge in [-0.3, -0.25) is 4.79 Å². The number of amides is 1. The molecule has 4 heteroatoms. The number of fused-ring (bicyclic) bond motifs is 5. The predicted octanol–water partition coefficient (Wildman–Crippen LogP) is 7.00. The Kier molecular flexibility index (Phi) is 6.36. The van der Waals surface area contributed by atoms with E-state index in [1.165, 1.54) is 33.4 Å². The number of aryl methyl sites for hydroxylation is 2. The summed E-state index contributed by atoms with van der Waals surface area (Å²) in [5.41, 5.74) is 8.43. The first-order chi connectivity index (χ1) is 18.0. The highest BCUT2D eigenvalue weighted by molar-refractivity contribution is 5.84. The summed E-state index contributed by atoms with van der Waals surface area (Å²) in [5, 5.41) is 0. The molecule has 1 amide bonds. The molecule has 0 N–H and O–H groups in total. The molecule has 2 unspecified atom stereocenters. The topological polar surface area (TPSA) is 46.6 Å². The third-order valence-electron chi connectivity index (χ3n) is 8.64. The van der Waals surface area contributed by atoms with E-state index in [-0.39, 0.29) is 30.0 Å². The van der Waals surface area contributed by atoms with Gasteiger partial charge in [-0.2, -0.15) is 0 Å². The second-order valence-electron chi connectivity index (χ2n) is 11.3. The van der Waals surface area contributed by atoms with E-state index in [0.717, 1.165) is 37.7 Å². The van der Waals surface area contributed by atoms with Crippen molar-refractivity contribution in [1.29, 1.82) is 0 Å². The minimum Gasteiger partial charge on any atom is -0.448 e. The lowest BCUT2D eigenvalue weighted by Crippen LogP contribution is -2.56. The largest absolute Gasteiger partial charge is 0.448 e. The van der Waals surface area contributed by atoms with Gasteiger partial charge in [0.2, 0.25) is 0 Å². The molecule has 2 atom stereocenters. The van der Waals surface area contributed by atoms with E-state index >= 15 is 0 Å². The van der Waals surface area contributed by atoms with Crippen molar-refractivity contribution in [3.63, 3.8) is 0 Å². The van der Waals surface area contributed by atoms with Crippen molar-refractivity contribution in [3.05, 3.63) is 94.5 Å². The summed E-state index contributed by atoms with van der Waals surface area (Å²) in [6.07, 6.45) is 4.80. The molecule has 6 rings (SSSR count). The van der Waals surface area contributed by atoms with Crippen molar-refractivity contribution in [2.45, 2.75) is 70.4 Å². The van der Waals surface area contributed by atoms with E-state index < -0.39 is 0 Å². The number of benzene rings is 3. The number of nitrogens with zero attached hydrogens (tertiary/aromatic N) is 1. The average molecular weight is 494 g/mol. The molecule has 37 heavy (non-hydrogen) atoms. The molecule has 0 spiro atoms. The lowest BCUT2D eigenvalue weighted by Gasteiger charge is -2.47. The standard InChI is InChI=1S/C33H35NO3/c1-21-14-22(2)16-23(15-21)17-32(35)24-18-25-8-7-9-26(19-24)34(25)33(36)37-20-31-29-12-5-3-10-27(29)28-11-4-6-13-30(28)31/h3-6,10-16,24-26,31H,7-9,17-20H2,1-2H3. The highest BCUT2D eigenvalue weighted by Gasteiger charge is 2.43. The molecule has 3 aromatic carbocycles. The first-order valence-electron chi connectivity index (χ1n) is 13.7. The van der Waals surface area contributed by atoms with E-state index in [4.69, 9.17) is 4.74 Å². The molecule has 1 aliphatic carbocycles. The van der Waals surface area contributed by atoms with Crippen molar-refractivity contribution < 1.29 is 14.3 Å². The molecule has 0 aromatic heterocycles. The Morgan fingerprint density at radius 3 is 2.00 bits per heavy atom. The van der Waals surface area contributed by atoms with Crippen LogP contribution in [0.3, 0.4) is 0 Å². The first kappa shape index (κ1) is 24.0. The van der Waals surface area contributed by atoms with Crippen molar-refractivity contribution >= 4 is 11.9 Å². The number of hydrogen-bond donors (Lipinski definition) is 0. The molecule has 0 radical (unpaired) electrons. The van der Waals surface area contributed by atoms with Gasteiger partial charge < -0.3 is 9.64 Å². The fourth-order valence-electron chi connectivity index (χ4n) is 7.13. The maximum Gasteiger partial charge on any atom is 0.410 e. The number of carbonyl (C=O) groups is 2. The molecule has 2 aliphatic heterocycles. The van der Waals surface area contributed by atoms with Crippen LogP contribution >= 0.6 is 0 Å². The summed E-state index contributed by atoms with van der Waals surface area (Å²) in [5.74, 6) is 0.399. The summed E-state index contributed by atoms with van der Waals surface area (Å²) in [7, 11) is 0. The quantitative estimate of drug-likeness (QED) is 0.385. The Bertz CT molecular complexity index is 1270. The Hall–Kier alpha value is -3.40. The van der Waals surface area contributed by atoms with E-state index in [1.807, 2.05) is 4.90 Å². The van der Waals surface area contributed by atoms with Crippen LogP contribution in [0, 0.1) is 19.8 Å². The van der Waals surface area contributed by atoms with Crippen molar-refractivity contribution in [1.82, 2.24) is 4.90 Å². The molecule has 3 aromatic rings. The zero-order valence-corrected chi connectivity index (χ0v) is 21.8. The van der Waals surface area contributed by atoms with Crippen molar-refractivity contribution in [3.8, 4) is 11.1 Å². The van der Waals surface area contributed by atoms with Gasteiger partial charge in [-0.15, -0.1) is 0 Å². The van der Waals surface area contributed by atoms with Crippen molar-refractivity contribution in [2.24, 2.45) is 5.92 Å². The summed E-state index contributed by atoms with van der Waals surface area (Å²) in [4.78, 5) is 28.7. The Labute approximate surface area is 219 Å². The number of ketones is 1. The number of Topliss-reactive ketones (excluding diaryl/α,β-unsaturated/α-hetero) is 1. The highest BCUT2D eigenvalue weighted by atomic mass is 16.6. The first-order valence-corrected chi connectivity index (χ1v) is 13.7. The van der Waals surface area contributed by atoms with Crippen molar-refractivity contribution in [2.75, 3.05) is 6.61 Å². The summed E-state index contributed by atoms with van der Waals surface area (Å²) < 4.78 is 6.04. The van der Waals surface area contributed by atoms with Gasteiger partial charge in [-0.1, -0.05) is 77.9 Å². The second kappa shape index (κ2) is 9.81. The van der Waals surface area contributed by atoms with Crippen LogP contribution in [0.15, 0.2) is 66.7 Å². The minimum atomic E-state index is -0.211. The van der Waals surface area contributed by atoms with Gasteiger partial charge >= 0.3 is 6.09 Å². The molecule has 3 aliphatic rings. The molecule has 2 bridgehead atoms. The van der Waals surface area contributed by atoms with Gasteiger partial charge in [-0.05, 0) is 73.8 Å². The zero-order valence-electron chi connectivity index (χ0n) is 21.8. The number of rotatable bonds is 5. The fourth-order valence-corrected chi connectivity index (χ4v) is 7.13. The summed E-state index contributed by atoms with van der Waals surface area (Å²) in [6.45, 7) is 4.51. The average Bonchev–Trinajstić information content (AvgIpc) is 3.19. The Balaban J connectivity index is 1.13. The third kappa shape index (κ3) is 4.58. The molecule has 4 nitrogen and oxygen atoms in total. The number of piperidine rings is 2. The van der Waals surface area contributed by atoms with Gasteiger partial charge in [0.25, 0.3) is 0 Å². The van der Waals surface area contributed by atoms with Crippen LogP contribution in [0.2, 0.25) is 0 Å². The molecule has 2 saturated heterocycles. The number of hydrogen-bond acceptors (Lipinski definition) is 3. The minimum absolute atomic E-state index is 0.0220. The molecular weight excluding hydrogens is 458 g/mol. The Morgan fingerprint density at radius 1 is 0.838 bits per heavy atom. The maximum absolute atomic E-state index is 13.5. The van der Waals surface area contributed by atoms with Gasteiger partial charge in [0.1, 0.15) is 12.4 Å². The van der Waals surface area contributed by atoms with E-state index in [2.05, 4.69) is 80.6 Å². The highest BCUT2D eigenvalue weighted by Crippen LogP contribution is 2.45. The van der Waals surface area contributed by atoms with Crippen LogP contribution < -0.4 is 0 Å². The van der Waals surface area contributed by atoms with E-state index in [9.17, 15) is 9.59 Å². The van der Waals surface area contributed by atoms with Gasteiger partial charge in [-0.25, -0.2) is 4.79 Å².